The maximum atomic E-state index is 13.4. The first-order valence-electron chi connectivity index (χ1n) is 7.50. The van der Waals surface area contributed by atoms with Crippen molar-refractivity contribution in [3.8, 4) is 5.69 Å². The molecule has 1 aromatic heterocycles. The predicted octanol–water partition coefficient (Wildman–Crippen LogP) is 3.19. The molecule has 0 saturated heterocycles. The molecule has 0 bridgehead atoms. The molecule has 1 amide bonds. The third kappa shape index (κ3) is 4.42. The van der Waals surface area contributed by atoms with Gasteiger partial charge in [-0.25, -0.2) is 8.78 Å². The summed E-state index contributed by atoms with van der Waals surface area (Å²) in [6.45, 7) is -0.154. The zero-order valence-electron chi connectivity index (χ0n) is 13.4. The van der Waals surface area contributed by atoms with E-state index in [1.165, 1.54) is 18.2 Å². The molecule has 27 heavy (non-hydrogen) atoms. The van der Waals surface area contributed by atoms with Crippen LogP contribution in [-0.4, -0.2) is 31.9 Å². The molecule has 3 rings (SSSR count). The second-order valence-corrected chi connectivity index (χ2v) is 6.19. The Balaban J connectivity index is 1.76. The molecule has 3 aromatic rings. The number of benzene rings is 2. The molecule has 1 N–H and O–H groups in total. The van der Waals surface area contributed by atoms with Crippen molar-refractivity contribution in [1.29, 1.82) is 0 Å². The van der Waals surface area contributed by atoms with E-state index >= 15 is 0 Å². The molecule has 0 aliphatic rings. The normalized spacial score (nSPS) is 11.0. The number of hydrogen-bond acceptors (Lipinski definition) is 5. The maximum Gasteiger partial charge on any atom is 0.288 e. The van der Waals surface area contributed by atoms with Crippen molar-refractivity contribution in [3.63, 3.8) is 0 Å². The van der Waals surface area contributed by atoms with Gasteiger partial charge in [-0.1, -0.05) is 23.9 Å². The molecule has 0 aliphatic heterocycles. The first kappa shape index (κ1) is 18.8. The quantitative estimate of drug-likeness (QED) is 0.511. The van der Waals surface area contributed by atoms with Crippen molar-refractivity contribution in [2.24, 2.45) is 0 Å². The Kier molecular flexibility index (Phi) is 5.69. The fourth-order valence-corrected chi connectivity index (χ4v) is 2.88. The number of rotatable bonds is 6. The summed E-state index contributed by atoms with van der Waals surface area (Å²) < 4.78 is 52.8. The van der Waals surface area contributed by atoms with Crippen molar-refractivity contribution in [1.82, 2.24) is 25.5 Å². The highest BCUT2D eigenvalue weighted by Gasteiger charge is 2.17. The van der Waals surface area contributed by atoms with Crippen LogP contribution in [0.15, 0.2) is 47.4 Å². The third-order valence-electron chi connectivity index (χ3n) is 3.44. The third-order valence-corrected chi connectivity index (χ3v) is 4.22. The van der Waals surface area contributed by atoms with Gasteiger partial charge in [-0.3, -0.25) is 4.79 Å². The number of carbonyl (C=O) groups excluding carboxylic acids is 1. The monoisotopic (exact) mass is 397 g/mol. The van der Waals surface area contributed by atoms with Crippen molar-refractivity contribution < 1.29 is 22.4 Å². The van der Waals surface area contributed by atoms with E-state index in [-0.39, 0.29) is 40.3 Å². The van der Waals surface area contributed by atoms with Crippen LogP contribution in [0, 0.1) is 11.6 Å². The summed E-state index contributed by atoms with van der Waals surface area (Å²) in [5, 5.41) is 13.4. The lowest BCUT2D eigenvalue weighted by atomic mass is 10.2. The average molecular weight is 397 g/mol. The van der Waals surface area contributed by atoms with Crippen LogP contribution in [0.25, 0.3) is 5.69 Å². The molecule has 0 aliphatic carbocycles. The van der Waals surface area contributed by atoms with E-state index in [2.05, 4.69) is 20.8 Å². The Hall–Kier alpha value is -2.95. The summed E-state index contributed by atoms with van der Waals surface area (Å²) in [5.41, 5.74) is 0.242. The van der Waals surface area contributed by atoms with Gasteiger partial charge >= 0.3 is 0 Å². The first-order chi connectivity index (χ1) is 13.0. The van der Waals surface area contributed by atoms with Gasteiger partial charge in [-0.2, -0.15) is 13.5 Å². The van der Waals surface area contributed by atoms with E-state index in [9.17, 15) is 22.4 Å². The highest BCUT2D eigenvalue weighted by atomic mass is 32.2. The fourth-order valence-electron chi connectivity index (χ4n) is 2.24. The number of tetrazole rings is 1. The van der Waals surface area contributed by atoms with Crippen LogP contribution < -0.4 is 5.32 Å². The molecule has 6 nitrogen and oxygen atoms in total. The van der Waals surface area contributed by atoms with Crippen LogP contribution >= 0.6 is 11.8 Å². The second-order valence-electron chi connectivity index (χ2n) is 5.16. The Bertz CT molecular complexity index is 965. The molecule has 0 saturated carbocycles. The number of carbonyl (C=O) groups is 1. The van der Waals surface area contributed by atoms with Gasteiger partial charge in [0.15, 0.2) is 17.5 Å². The maximum absolute atomic E-state index is 13.4. The number of alkyl halides is 2. The van der Waals surface area contributed by atoms with Gasteiger partial charge in [0.05, 0.1) is 17.8 Å². The number of hydrogen-bond donors (Lipinski definition) is 1. The van der Waals surface area contributed by atoms with E-state index in [1.54, 1.807) is 12.1 Å². The lowest BCUT2D eigenvalue weighted by Crippen LogP contribution is -2.25. The molecular weight excluding hydrogens is 386 g/mol. The Morgan fingerprint density at radius 2 is 1.93 bits per heavy atom. The van der Waals surface area contributed by atoms with Crippen molar-refractivity contribution in [2.45, 2.75) is 17.2 Å². The van der Waals surface area contributed by atoms with Crippen LogP contribution in [-0.2, 0) is 6.54 Å². The molecular formula is C16H11F4N5OS. The van der Waals surface area contributed by atoms with Crippen LogP contribution in [0.1, 0.15) is 16.2 Å². The van der Waals surface area contributed by atoms with Gasteiger partial charge < -0.3 is 5.32 Å². The Morgan fingerprint density at radius 3 is 2.67 bits per heavy atom. The highest BCUT2D eigenvalue weighted by molar-refractivity contribution is 7.99. The molecule has 140 valence electrons. The summed E-state index contributed by atoms with van der Waals surface area (Å²) in [6.07, 6.45) is 0. The topological polar surface area (TPSA) is 72.7 Å². The highest BCUT2D eigenvalue weighted by Crippen LogP contribution is 2.28. The Labute approximate surface area is 154 Å². The van der Waals surface area contributed by atoms with Crippen LogP contribution in [0.5, 0.6) is 0 Å². The minimum absolute atomic E-state index is 0.0784. The summed E-state index contributed by atoms with van der Waals surface area (Å²) >= 11 is 0.263. The van der Waals surface area contributed by atoms with Crippen LogP contribution in [0.2, 0.25) is 0 Å². The molecule has 2 aromatic carbocycles. The number of thioether (sulfide) groups is 1. The van der Waals surface area contributed by atoms with Crippen molar-refractivity contribution in [3.05, 3.63) is 65.5 Å². The van der Waals surface area contributed by atoms with Gasteiger partial charge in [0.2, 0.25) is 0 Å². The smallest absolute Gasteiger partial charge is 0.288 e. The fraction of sp³-hybridized carbons (Fsp3) is 0.125. The van der Waals surface area contributed by atoms with Crippen molar-refractivity contribution >= 4 is 17.7 Å². The molecule has 0 spiro atoms. The minimum Gasteiger partial charge on any atom is -0.345 e. The first-order valence-corrected chi connectivity index (χ1v) is 8.38. The van der Waals surface area contributed by atoms with E-state index in [0.29, 0.717) is 0 Å². The summed E-state index contributed by atoms with van der Waals surface area (Å²) in [6, 6.07) is 9.03. The van der Waals surface area contributed by atoms with Crippen molar-refractivity contribution in [2.75, 3.05) is 0 Å². The number of nitrogens with one attached hydrogen (secondary N) is 1. The number of aromatic nitrogens is 4. The van der Waals surface area contributed by atoms with E-state index < -0.39 is 23.3 Å². The molecule has 0 radical (unpaired) electrons. The zero-order chi connectivity index (χ0) is 19.4. The standard InChI is InChI=1S/C16H11F4N5OS/c17-11-6-5-9(7-12(11)18)25-14(22-23-24-25)8-21-15(26)10-3-1-2-4-13(10)27-16(19)20/h1-7,16H,8H2,(H,21,26). The van der Waals surface area contributed by atoms with Gasteiger partial charge in [-0.05, 0) is 34.7 Å². The lowest BCUT2D eigenvalue weighted by Gasteiger charge is -2.10. The summed E-state index contributed by atoms with van der Waals surface area (Å²) in [4.78, 5) is 12.5. The molecule has 0 atom stereocenters. The SMILES string of the molecule is O=C(NCc1nnnn1-c1ccc(F)c(F)c1)c1ccccc1SC(F)F. The minimum atomic E-state index is -2.67. The average Bonchev–Trinajstić information content (AvgIpc) is 3.10. The van der Waals surface area contributed by atoms with E-state index in [1.807, 2.05) is 0 Å². The predicted molar refractivity (Wildman–Crippen MR) is 88.5 cm³/mol. The van der Waals surface area contributed by atoms with E-state index in [0.717, 1.165) is 16.8 Å². The van der Waals surface area contributed by atoms with Crippen LogP contribution in [0.4, 0.5) is 17.6 Å². The Morgan fingerprint density at radius 1 is 1.15 bits per heavy atom. The largest absolute Gasteiger partial charge is 0.345 e. The van der Waals surface area contributed by atoms with Gasteiger partial charge in [0.1, 0.15) is 0 Å². The van der Waals surface area contributed by atoms with E-state index in [4.69, 9.17) is 0 Å². The molecule has 1 heterocycles. The summed E-state index contributed by atoms with van der Waals surface area (Å²) in [5.74, 6) is -5.21. The number of amides is 1. The van der Waals surface area contributed by atoms with Crippen LogP contribution in [0.3, 0.4) is 0 Å². The molecule has 0 unspecified atom stereocenters. The number of halogens is 4. The zero-order valence-corrected chi connectivity index (χ0v) is 14.3. The van der Waals surface area contributed by atoms with Gasteiger partial charge in [-0.15, -0.1) is 5.10 Å². The second kappa shape index (κ2) is 8.16. The molecule has 11 heteroatoms. The number of nitrogens with zero attached hydrogens (tertiary/aromatic N) is 4. The lowest BCUT2D eigenvalue weighted by molar-refractivity contribution is 0.0946. The summed E-state index contributed by atoms with van der Waals surface area (Å²) in [7, 11) is 0. The van der Waals surface area contributed by atoms with Gasteiger partial charge in [0.25, 0.3) is 11.7 Å². The molecule has 0 fully saturated rings. The van der Waals surface area contributed by atoms with Gasteiger partial charge in [0, 0.05) is 11.0 Å².